The summed E-state index contributed by atoms with van der Waals surface area (Å²) in [6, 6.07) is 8.59. The fraction of sp³-hybridized carbons (Fsp3) is 0.400. The molecule has 2 amide bonds. The number of likely N-dealkylation sites (N-methyl/N-ethyl adjacent to an activating group) is 1. The summed E-state index contributed by atoms with van der Waals surface area (Å²) in [5.41, 5.74) is 1.82. The van der Waals surface area contributed by atoms with Crippen molar-refractivity contribution >= 4 is 28.3 Å². The zero-order chi connectivity index (χ0) is 19.3. The van der Waals surface area contributed by atoms with Gasteiger partial charge in [0.15, 0.2) is 5.82 Å². The van der Waals surface area contributed by atoms with Gasteiger partial charge in [0, 0.05) is 50.2 Å². The average Bonchev–Trinajstić information content (AvgIpc) is 3.44. The molecule has 1 aromatic carbocycles. The van der Waals surface area contributed by atoms with Crippen LogP contribution in [-0.4, -0.2) is 64.1 Å². The smallest absolute Gasteiger partial charge is 0.324 e. The maximum atomic E-state index is 12.2. The molecule has 0 aliphatic carbocycles. The fourth-order valence-electron chi connectivity index (χ4n) is 4.16. The van der Waals surface area contributed by atoms with E-state index in [0.29, 0.717) is 6.54 Å². The van der Waals surface area contributed by atoms with Gasteiger partial charge in [-0.1, -0.05) is 24.3 Å². The Balaban J connectivity index is 1.37. The number of anilines is 2. The third-order valence-corrected chi connectivity index (χ3v) is 5.81. The summed E-state index contributed by atoms with van der Waals surface area (Å²) in [4.78, 5) is 18.0. The molecule has 2 saturated heterocycles. The van der Waals surface area contributed by atoms with E-state index in [1.165, 1.54) is 0 Å². The van der Waals surface area contributed by atoms with Crippen LogP contribution in [-0.2, 0) is 0 Å². The molecule has 1 unspecified atom stereocenters. The van der Waals surface area contributed by atoms with E-state index in [-0.39, 0.29) is 12.1 Å². The monoisotopic (exact) mass is 377 g/mol. The molecule has 0 N–H and O–H groups in total. The Hall–Kier alpha value is -3.16. The molecule has 3 aromatic rings. The summed E-state index contributed by atoms with van der Waals surface area (Å²) in [5, 5.41) is 15.7. The Morgan fingerprint density at radius 3 is 2.68 bits per heavy atom. The van der Waals surface area contributed by atoms with Crippen molar-refractivity contribution in [3.8, 4) is 0 Å². The van der Waals surface area contributed by atoms with Gasteiger partial charge in [-0.15, -0.1) is 5.10 Å². The van der Waals surface area contributed by atoms with Crippen LogP contribution in [0.1, 0.15) is 18.2 Å². The molecule has 28 heavy (non-hydrogen) atoms. The predicted octanol–water partition coefficient (Wildman–Crippen LogP) is 2.46. The number of benzene rings is 1. The molecule has 8 heteroatoms. The number of fused-ring (bicyclic) bond motifs is 1. The van der Waals surface area contributed by atoms with Crippen molar-refractivity contribution in [2.75, 3.05) is 43.0 Å². The molecule has 2 aromatic heterocycles. The first kappa shape index (κ1) is 17.0. The molecule has 0 saturated carbocycles. The van der Waals surface area contributed by atoms with E-state index in [0.717, 1.165) is 54.0 Å². The van der Waals surface area contributed by atoms with Gasteiger partial charge in [0.1, 0.15) is 0 Å². The second kappa shape index (κ2) is 6.47. The van der Waals surface area contributed by atoms with E-state index in [1.807, 2.05) is 37.0 Å². The van der Waals surface area contributed by atoms with Crippen LogP contribution in [0.4, 0.5) is 16.3 Å². The standard InChI is InChI=1S/C20H23N7O/c1-14-17-5-3-4-6-18(17)19(23-22-14)25-8-7-15(12-25)27-13-16(11-21-27)26-10-9-24(2)20(26)28/h3-6,11,13,15H,7-10,12H2,1-2H3. The summed E-state index contributed by atoms with van der Waals surface area (Å²) < 4.78 is 1.99. The molecule has 0 bridgehead atoms. The van der Waals surface area contributed by atoms with Gasteiger partial charge >= 0.3 is 6.03 Å². The van der Waals surface area contributed by atoms with E-state index in [4.69, 9.17) is 0 Å². The largest absolute Gasteiger partial charge is 0.352 e. The molecule has 2 fully saturated rings. The molecule has 0 spiro atoms. The average molecular weight is 377 g/mol. The van der Waals surface area contributed by atoms with Crippen LogP contribution >= 0.6 is 0 Å². The van der Waals surface area contributed by atoms with Crippen molar-refractivity contribution in [1.82, 2.24) is 24.9 Å². The highest BCUT2D eigenvalue weighted by Crippen LogP contribution is 2.32. The van der Waals surface area contributed by atoms with Gasteiger partial charge in [0.2, 0.25) is 0 Å². The topological polar surface area (TPSA) is 70.4 Å². The summed E-state index contributed by atoms with van der Waals surface area (Å²) in [6.07, 6.45) is 4.77. The third kappa shape index (κ3) is 2.67. The maximum Gasteiger partial charge on any atom is 0.324 e. The minimum absolute atomic E-state index is 0.0361. The molecular weight excluding hydrogens is 354 g/mol. The van der Waals surface area contributed by atoms with Gasteiger partial charge < -0.3 is 9.80 Å². The lowest BCUT2D eigenvalue weighted by Crippen LogP contribution is -2.28. The lowest BCUT2D eigenvalue weighted by atomic mass is 10.1. The first-order valence-corrected chi connectivity index (χ1v) is 9.65. The number of carbonyl (C=O) groups is 1. The SMILES string of the molecule is Cc1nnc(N2CCC(n3cc(N4CCN(C)C4=O)cn3)C2)c2ccccc12. The third-order valence-electron chi connectivity index (χ3n) is 5.81. The van der Waals surface area contributed by atoms with Crippen molar-refractivity contribution in [1.29, 1.82) is 0 Å². The zero-order valence-electron chi connectivity index (χ0n) is 16.1. The molecule has 2 aliphatic heterocycles. The summed E-state index contributed by atoms with van der Waals surface area (Å²) >= 11 is 0. The molecule has 0 radical (unpaired) electrons. The van der Waals surface area contributed by atoms with E-state index < -0.39 is 0 Å². The number of aryl methyl sites for hydroxylation is 1. The Bertz CT molecular complexity index is 1050. The lowest BCUT2D eigenvalue weighted by Gasteiger charge is -2.19. The molecular formula is C20H23N7O. The fourth-order valence-corrected chi connectivity index (χ4v) is 4.16. The van der Waals surface area contributed by atoms with Gasteiger partial charge in [-0.2, -0.15) is 10.2 Å². The second-order valence-electron chi connectivity index (χ2n) is 7.58. The van der Waals surface area contributed by atoms with Crippen LogP contribution in [0.2, 0.25) is 0 Å². The van der Waals surface area contributed by atoms with E-state index in [1.54, 1.807) is 16.0 Å². The van der Waals surface area contributed by atoms with Gasteiger partial charge in [0.05, 0.1) is 23.6 Å². The summed E-state index contributed by atoms with van der Waals surface area (Å²) in [7, 11) is 1.83. The number of carbonyl (C=O) groups excluding carboxylic acids is 1. The molecule has 144 valence electrons. The van der Waals surface area contributed by atoms with Gasteiger partial charge in [-0.05, 0) is 13.3 Å². The Morgan fingerprint density at radius 2 is 1.89 bits per heavy atom. The minimum atomic E-state index is 0.0361. The van der Waals surface area contributed by atoms with Crippen LogP contribution in [0.3, 0.4) is 0 Å². The van der Waals surface area contributed by atoms with Gasteiger partial charge in [0.25, 0.3) is 0 Å². The van der Waals surface area contributed by atoms with Gasteiger partial charge in [-0.25, -0.2) is 4.79 Å². The highest BCUT2D eigenvalue weighted by molar-refractivity contribution is 5.94. The normalized spacial score (nSPS) is 20.0. The van der Waals surface area contributed by atoms with Crippen molar-refractivity contribution in [3.05, 3.63) is 42.4 Å². The Morgan fingerprint density at radius 1 is 1.07 bits per heavy atom. The number of hydrogen-bond acceptors (Lipinski definition) is 5. The summed E-state index contributed by atoms with van der Waals surface area (Å²) in [6.45, 7) is 5.20. The van der Waals surface area contributed by atoms with Crippen LogP contribution in [0.15, 0.2) is 36.7 Å². The highest BCUT2D eigenvalue weighted by atomic mass is 16.2. The quantitative estimate of drug-likeness (QED) is 0.701. The van der Waals surface area contributed by atoms with Crippen molar-refractivity contribution < 1.29 is 4.79 Å². The van der Waals surface area contributed by atoms with E-state index in [9.17, 15) is 4.79 Å². The first-order valence-electron chi connectivity index (χ1n) is 9.65. The molecule has 4 heterocycles. The minimum Gasteiger partial charge on any atom is -0.352 e. The molecule has 5 rings (SSSR count). The van der Waals surface area contributed by atoms with Crippen LogP contribution < -0.4 is 9.80 Å². The van der Waals surface area contributed by atoms with Crippen molar-refractivity contribution in [3.63, 3.8) is 0 Å². The first-order chi connectivity index (χ1) is 13.6. The van der Waals surface area contributed by atoms with Crippen LogP contribution in [0, 0.1) is 6.92 Å². The highest BCUT2D eigenvalue weighted by Gasteiger charge is 2.30. The van der Waals surface area contributed by atoms with Crippen molar-refractivity contribution in [2.24, 2.45) is 0 Å². The number of urea groups is 1. The van der Waals surface area contributed by atoms with Crippen molar-refractivity contribution in [2.45, 2.75) is 19.4 Å². The van der Waals surface area contributed by atoms with Crippen LogP contribution in [0.25, 0.3) is 10.8 Å². The Kier molecular flexibility index (Phi) is 3.92. The molecule has 1 atom stereocenters. The molecule has 2 aliphatic rings. The van der Waals surface area contributed by atoms with Crippen LogP contribution in [0.5, 0.6) is 0 Å². The van der Waals surface area contributed by atoms with E-state index >= 15 is 0 Å². The number of rotatable bonds is 3. The summed E-state index contributed by atoms with van der Waals surface area (Å²) in [5.74, 6) is 0.937. The maximum absolute atomic E-state index is 12.2. The van der Waals surface area contributed by atoms with Gasteiger partial charge in [-0.3, -0.25) is 9.58 Å². The Labute approximate surface area is 163 Å². The zero-order valence-corrected chi connectivity index (χ0v) is 16.1. The number of amides is 2. The molecule has 8 nitrogen and oxygen atoms in total. The number of aromatic nitrogens is 4. The lowest BCUT2D eigenvalue weighted by molar-refractivity contribution is 0.229. The van der Waals surface area contributed by atoms with E-state index in [2.05, 4.69) is 32.3 Å². The predicted molar refractivity (Wildman–Crippen MR) is 108 cm³/mol. The second-order valence-corrected chi connectivity index (χ2v) is 7.58. The number of hydrogen-bond donors (Lipinski definition) is 0. The number of nitrogens with zero attached hydrogens (tertiary/aromatic N) is 7.